The van der Waals surface area contributed by atoms with Gasteiger partial charge in [-0.3, -0.25) is 5.32 Å². The van der Waals surface area contributed by atoms with Crippen LogP contribution in [-0.4, -0.2) is 5.84 Å². The van der Waals surface area contributed by atoms with Crippen LogP contribution in [0.3, 0.4) is 0 Å². The van der Waals surface area contributed by atoms with E-state index in [9.17, 15) is 0 Å². The summed E-state index contributed by atoms with van der Waals surface area (Å²) in [6.07, 6.45) is 13.4. The molecule has 0 spiro atoms. The van der Waals surface area contributed by atoms with Crippen molar-refractivity contribution in [3.63, 3.8) is 0 Å². The summed E-state index contributed by atoms with van der Waals surface area (Å²) in [5.74, 6) is 1.99. The molecule has 2 N–H and O–H groups in total. The number of aliphatic imine (C=N–C) groups is 1. The Kier molecular flexibility index (Phi) is 7.28. The lowest BCUT2D eigenvalue weighted by Crippen LogP contribution is -2.44. The Morgan fingerprint density at radius 3 is 2.18 bits per heavy atom. The zero-order valence-electron chi connectivity index (χ0n) is 28.2. The average Bonchev–Trinajstić information content (AvgIpc) is 3.57. The summed E-state index contributed by atoms with van der Waals surface area (Å²) >= 11 is 0. The van der Waals surface area contributed by atoms with Gasteiger partial charge in [-0.2, -0.15) is 0 Å². The van der Waals surface area contributed by atoms with Crippen LogP contribution in [0.25, 0.3) is 49.4 Å². The van der Waals surface area contributed by atoms with E-state index in [0.29, 0.717) is 11.8 Å². The quantitative estimate of drug-likeness (QED) is 0.193. The van der Waals surface area contributed by atoms with Gasteiger partial charge in [0.25, 0.3) is 0 Å². The number of hydrogen-bond acceptors (Lipinski definition) is 4. The molecule has 0 bridgehead atoms. The van der Waals surface area contributed by atoms with Crippen molar-refractivity contribution in [3.05, 3.63) is 186 Å². The van der Waals surface area contributed by atoms with Crippen LogP contribution < -0.4 is 10.6 Å². The third-order valence-electron chi connectivity index (χ3n) is 10.8. The van der Waals surface area contributed by atoms with Crippen LogP contribution in [0.1, 0.15) is 47.4 Å². The Morgan fingerprint density at radius 1 is 0.608 bits per heavy atom. The number of nitrogens with one attached hydrogen (secondary N) is 2. The number of fused-ring (bicyclic) bond motifs is 5. The highest BCUT2D eigenvalue weighted by Crippen LogP contribution is 2.44. The monoisotopic (exact) mass is 659 g/mol. The van der Waals surface area contributed by atoms with Crippen LogP contribution in [0.4, 0.5) is 0 Å². The second-order valence-electron chi connectivity index (χ2n) is 14.0. The Morgan fingerprint density at radius 2 is 1.33 bits per heavy atom. The van der Waals surface area contributed by atoms with E-state index in [-0.39, 0.29) is 12.3 Å². The summed E-state index contributed by atoms with van der Waals surface area (Å²) in [5.41, 5.74) is 10.1. The molecule has 0 radical (unpaired) electrons. The average molecular weight is 660 g/mol. The van der Waals surface area contributed by atoms with Gasteiger partial charge in [0.2, 0.25) is 0 Å². The van der Waals surface area contributed by atoms with E-state index in [4.69, 9.17) is 9.41 Å². The third kappa shape index (κ3) is 5.49. The van der Waals surface area contributed by atoms with E-state index in [0.717, 1.165) is 68.4 Å². The van der Waals surface area contributed by atoms with Crippen molar-refractivity contribution in [1.29, 1.82) is 0 Å². The van der Waals surface area contributed by atoms with E-state index in [2.05, 4.69) is 168 Å². The fraction of sp³-hybridized carbons (Fsp3) is 0.128. The summed E-state index contributed by atoms with van der Waals surface area (Å²) in [7, 11) is 0. The highest BCUT2D eigenvalue weighted by Gasteiger charge is 2.27. The second kappa shape index (κ2) is 12.4. The molecule has 3 aliphatic rings. The maximum Gasteiger partial charge on any atom is 0.143 e. The van der Waals surface area contributed by atoms with Crippen LogP contribution in [0.2, 0.25) is 0 Å². The van der Waals surface area contributed by atoms with Crippen LogP contribution in [-0.2, 0) is 0 Å². The topological polar surface area (TPSA) is 49.6 Å². The molecule has 0 saturated heterocycles. The zero-order valence-corrected chi connectivity index (χ0v) is 28.2. The van der Waals surface area contributed by atoms with Gasteiger partial charge in [-0.25, -0.2) is 4.99 Å². The minimum absolute atomic E-state index is 0.0992. The molecule has 0 saturated carbocycles. The van der Waals surface area contributed by atoms with Gasteiger partial charge in [-0.05, 0) is 93.6 Å². The summed E-state index contributed by atoms with van der Waals surface area (Å²) in [6, 6.07) is 47.5. The standard InChI is InChI=1S/C47H37N3O/c1-3-13-31(14-4-1)45-48-46(32-15-5-2-6-16-32)50-47(49-45)38-21-11-20-37(25-38)40-27-39(36-23-22-30-12-7-8-17-33(30)24-36)28-42-41-26-34-18-9-10-19-35(34)29-43(41)51-44(40)42/h1-21,23,25-30,33,45,47,49H,22,24H2,(H,48,50). The second-order valence-corrected chi connectivity index (χ2v) is 14.0. The van der Waals surface area contributed by atoms with Crippen LogP contribution in [0.15, 0.2) is 173 Å². The van der Waals surface area contributed by atoms with E-state index in [1.165, 1.54) is 21.9 Å². The number of nitrogens with zero attached hydrogens (tertiary/aromatic N) is 1. The predicted molar refractivity (Wildman–Crippen MR) is 210 cm³/mol. The molecule has 4 heteroatoms. The van der Waals surface area contributed by atoms with Crippen LogP contribution >= 0.6 is 0 Å². The molecule has 2 heterocycles. The highest BCUT2D eigenvalue weighted by molar-refractivity contribution is 6.14. The van der Waals surface area contributed by atoms with Gasteiger partial charge < -0.3 is 9.73 Å². The minimum atomic E-state index is -0.254. The summed E-state index contributed by atoms with van der Waals surface area (Å²) in [6.45, 7) is 0. The van der Waals surface area contributed by atoms with Crippen molar-refractivity contribution in [2.45, 2.75) is 25.2 Å². The Bertz CT molecular complexity index is 2560. The van der Waals surface area contributed by atoms with Gasteiger partial charge in [0.05, 0.1) is 0 Å². The van der Waals surface area contributed by atoms with Crippen molar-refractivity contribution < 1.29 is 4.42 Å². The van der Waals surface area contributed by atoms with Crippen molar-refractivity contribution in [1.82, 2.24) is 10.6 Å². The molecule has 0 amide bonds. The maximum absolute atomic E-state index is 6.82. The van der Waals surface area contributed by atoms with Gasteiger partial charge >= 0.3 is 0 Å². The number of allylic oxidation sites excluding steroid dienone is 6. The fourth-order valence-corrected chi connectivity index (χ4v) is 8.15. The normalized spacial score (nSPS) is 21.3. The molecule has 246 valence electrons. The summed E-state index contributed by atoms with van der Waals surface area (Å²) < 4.78 is 6.82. The Hall–Kier alpha value is -5.97. The lowest BCUT2D eigenvalue weighted by atomic mass is 9.75. The molecule has 2 aliphatic carbocycles. The van der Waals surface area contributed by atoms with E-state index in [1.54, 1.807) is 0 Å². The fourth-order valence-electron chi connectivity index (χ4n) is 8.15. The lowest BCUT2D eigenvalue weighted by Gasteiger charge is -2.32. The van der Waals surface area contributed by atoms with E-state index >= 15 is 0 Å². The van der Waals surface area contributed by atoms with Crippen LogP contribution in [0.5, 0.6) is 0 Å². The lowest BCUT2D eigenvalue weighted by molar-refractivity contribution is 0.409. The SMILES string of the molecule is C1=CC2CC=C(c3cc(-c4cccc(C5N=C(c6ccccc6)NC(c6ccccc6)N5)c4)c4oc5cc6ccccc6cc5c4c3)CC2C=C1. The Balaban J connectivity index is 1.12. The Labute approximate surface area is 297 Å². The van der Waals surface area contributed by atoms with Gasteiger partial charge in [0.15, 0.2) is 0 Å². The first kappa shape index (κ1) is 29.9. The molecule has 0 fully saturated rings. The maximum atomic E-state index is 6.82. The molecular weight excluding hydrogens is 623 g/mol. The van der Waals surface area contributed by atoms with Crippen molar-refractivity contribution in [3.8, 4) is 11.1 Å². The molecule has 7 aromatic rings. The molecule has 4 atom stereocenters. The predicted octanol–water partition coefficient (Wildman–Crippen LogP) is 11.3. The first-order chi connectivity index (χ1) is 25.2. The minimum Gasteiger partial charge on any atom is -0.455 e. The van der Waals surface area contributed by atoms with Gasteiger partial charge in [-0.15, -0.1) is 0 Å². The smallest absolute Gasteiger partial charge is 0.143 e. The highest BCUT2D eigenvalue weighted by atomic mass is 16.3. The van der Waals surface area contributed by atoms with E-state index < -0.39 is 0 Å². The number of amidine groups is 1. The van der Waals surface area contributed by atoms with Crippen LogP contribution in [0, 0.1) is 11.8 Å². The van der Waals surface area contributed by atoms with Gasteiger partial charge in [0.1, 0.15) is 29.3 Å². The van der Waals surface area contributed by atoms with Crippen molar-refractivity contribution >= 4 is 44.1 Å². The molecular formula is C47H37N3O. The number of benzene rings is 6. The van der Waals surface area contributed by atoms with E-state index in [1.807, 2.05) is 6.07 Å². The molecule has 6 aromatic carbocycles. The number of hydrogen-bond donors (Lipinski definition) is 2. The van der Waals surface area contributed by atoms with Gasteiger partial charge in [0, 0.05) is 21.9 Å². The summed E-state index contributed by atoms with van der Waals surface area (Å²) in [4.78, 5) is 5.24. The molecule has 51 heavy (non-hydrogen) atoms. The number of furan rings is 1. The molecule has 4 unspecified atom stereocenters. The molecule has 1 aromatic heterocycles. The first-order valence-electron chi connectivity index (χ1n) is 18.0. The van der Waals surface area contributed by atoms with Crippen molar-refractivity contribution in [2.75, 3.05) is 0 Å². The van der Waals surface area contributed by atoms with Gasteiger partial charge in [-0.1, -0.05) is 134 Å². The third-order valence-corrected chi connectivity index (χ3v) is 10.8. The summed E-state index contributed by atoms with van der Waals surface area (Å²) in [5, 5.41) is 12.2. The molecule has 1 aliphatic heterocycles. The zero-order chi connectivity index (χ0) is 33.7. The first-order valence-corrected chi connectivity index (χ1v) is 18.0. The molecule has 10 rings (SSSR count). The van der Waals surface area contributed by atoms with Crippen molar-refractivity contribution in [2.24, 2.45) is 16.8 Å². The molecule has 4 nitrogen and oxygen atoms in total. The largest absolute Gasteiger partial charge is 0.455 e. The number of rotatable bonds is 5.